The molecule has 0 saturated heterocycles. The van der Waals surface area contributed by atoms with E-state index in [0.29, 0.717) is 0 Å². The fraction of sp³-hybridized carbons (Fsp3) is 1.00. The van der Waals surface area contributed by atoms with E-state index in [1.807, 2.05) is 0 Å². The zero-order valence-corrected chi connectivity index (χ0v) is 14.1. The predicted molar refractivity (Wildman–Crippen MR) is 88.7 cm³/mol. The van der Waals surface area contributed by atoms with Gasteiger partial charge in [0.2, 0.25) is 0 Å². The van der Waals surface area contributed by atoms with Crippen LogP contribution in [-0.2, 0) is 0 Å². The summed E-state index contributed by atoms with van der Waals surface area (Å²) in [6.45, 7) is 11.6. The van der Waals surface area contributed by atoms with Gasteiger partial charge in [0, 0.05) is 0 Å². The fourth-order valence-electron chi connectivity index (χ4n) is 2.52. The Hall–Kier alpha value is -0.0400. The van der Waals surface area contributed by atoms with E-state index in [1.54, 1.807) is 0 Å². The van der Waals surface area contributed by atoms with Crippen molar-refractivity contribution in [1.82, 2.24) is 5.32 Å². The van der Waals surface area contributed by atoms with Gasteiger partial charge in [0.25, 0.3) is 0 Å². The van der Waals surface area contributed by atoms with Gasteiger partial charge in [-0.1, -0.05) is 85.5 Å². The van der Waals surface area contributed by atoms with Crippen LogP contribution in [0.2, 0.25) is 0 Å². The molecule has 0 bridgehead atoms. The molecule has 0 aromatic rings. The first-order valence-electron chi connectivity index (χ1n) is 8.87. The maximum Gasteiger partial charge on any atom is -0.00230 e. The first kappa shape index (κ1) is 19.0. The van der Waals surface area contributed by atoms with Crippen LogP contribution in [0.25, 0.3) is 0 Å². The van der Waals surface area contributed by atoms with Crippen molar-refractivity contribution in [3.8, 4) is 0 Å². The van der Waals surface area contributed by atoms with Crippen molar-refractivity contribution in [2.24, 2.45) is 11.8 Å². The van der Waals surface area contributed by atoms with Crippen LogP contribution in [0.5, 0.6) is 0 Å². The first-order valence-corrected chi connectivity index (χ1v) is 8.87. The molecule has 0 fully saturated rings. The van der Waals surface area contributed by atoms with Gasteiger partial charge >= 0.3 is 0 Å². The molecule has 19 heavy (non-hydrogen) atoms. The monoisotopic (exact) mass is 269 g/mol. The molecule has 0 saturated carbocycles. The lowest BCUT2D eigenvalue weighted by atomic mass is 10.0. The summed E-state index contributed by atoms with van der Waals surface area (Å²) < 4.78 is 0. The number of hydrogen-bond acceptors (Lipinski definition) is 1. The number of hydrogen-bond donors (Lipinski definition) is 1. The molecule has 0 aliphatic rings. The molecule has 0 aromatic heterocycles. The molecular formula is C18H39N. The molecule has 0 spiro atoms. The highest BCUT2D eigenvalue weighted by molar-refractivity contribution is 4.59. The highest BCUT2D eigenvalue weighted by atomic mass is 14.9. The van der Waals surface area contributed by atoms with Crippen molar-refractivity contribution >= 4 is 0 Å². The molecule has 1 N–H and O–H groups in total. The van der Waals surface area contributed by atoms with Gasteiger partial charge in [-0.05, 0) is 31.3 Å². The number of nitrogens with one attached hydrogen (secondary N) is 1. The van der Waals surface area contributed by atoms with Crippen LogP contribution in [0.15, 0.2) is 0 Å². The first-order chi connectivity index (χ1) is 9.16. The average Bonchev–Trinajstić information content (AvgIpc) is 2.36. The topological polar surface area (TPSA) is 12.0 Å². The molecule has 0 rings (SSSR count). The molecule has 1 heteroatoms. The van der Waals surface area contributed by atoms with E-state index in [9.17, 15) is 0 Å². The van der Waals surface area contributed by atoms with Crippen LogP contribution in [0.4, 0.5) is 0 Å². The predicted octanol–water partition coefficient (Wildman–Crippen LogP) is 5.79. The Kier molecular flexibility index (Phi) is 14.3. The summed E-state index contributed by atoms with van der Waals surface area (Å²) in [7, 11) is 0. The van der Waals surface area contributed by atoms with Crippen LogP contribution in [0.1, 0.15) is 91.9 Å². The van der Waals surface area contributed by atoms with E-state index in [1.165, 1.54) is 77.3 Å². The van der Waals surface area contributed by atoms with Crippen LogP contribution in [0.3, 0.4) is 0 Å². The summed E-state index contributed by atoms with van der Waals surface area (Å²) in [6.07, 6.45) is 14.4. The third-order valence-corrected chi connectivity index (χ3v) is 3.85. The number of rotatable bonds is 14. The SMILES string of the molecule is CCCCCCCCCCCC(C)CNCC(C)C. The zero-order chi connectivity index (χ0) is 14.3. The largest absolute Gasteiger partial charge is 0.316 e. The molecule has 0 radical (unpaired) electrons. The Morgan fingerprint density at radius 1 is 0.684 bits per heavy atom. The molecular weight excluding hydrogens is 230 g/mol. The van der Waals surface area contributed by atoms with E-state index >= 15 is 0 Å². The van der Waals surface area contributed by atoms with Gasteiger partial charge in [0.15, 0.2) is 0 Å². The normalized spacial score (nSPS) is 13.1. The second kappa shape index (κ2) is 14.4. The van der Waals surface area contributed by atoms with Gasteiger partial charge in [0.1, 0.15) is 0 Å². The Bertz CT molecular complexity index is 165. The minimum atomic E-state index is 0.778. The summed E-state index contributed by atoms with van der Waals surface area (Å²) in [5, 5.41) is 3.57. The molecule has 0 heterocycles. The van der Waals surface area contributed by atoms with Crippen LogP contribution < -0.4 is 5.32 Å². The second-order valence-electron chi connectivity index (χ2n) is 6.77. The standard InChI is InChI=1S/C18H39N/c1-5-6-7-8-9-10-11-12-13-14-18(4)16-19-15-17(2)3/h17-19H,5-16H2,1-4H3. The van der Waals surface area contributed by atoms with Gasteiger partial charge in [-0.3, -0.25) is 0 Å². The lowest BCUT2D eigenvalue weighted by molar-refractivity contribution is 0.432. The van der Waals surface area contributed by atoms with E-state index in [2.05, 4.69) is 33.0 Å². The summed E-state index contributed by atoms with van der Waals surface area (Å²) in [5.74, 6) is 1.63. The van der Waals surface area contributed by atoms with E-state index in [0.717, 1.165) is 11.8 Å². The van der Waals surface area contributed by atoms with Gasteiger partial charge in [-0.15, -0.1) is 0 Å². The minimum absolute atomic E-state index is 0.778. The minimum Gasteiger partial charge on any atom is -0.316 e. The summed E-state index contributed by atoms with van der Waals surface area (Å²) >= 11 is 0. The van der Waals surface area contributed by atoms with E-state index in [-0.39, 0.29) is 0 Å². The molecule has 1 nitrogen and oxygen atoms in total. The molecule has 116 valence electrons. The third kappa shape index (κ3) is 15.9. The fourth-order valence-corrected chi connectivity index (χ4v) is 2.52. The highest BCUT2D eigenvalue weighted by Crippen LogP contribution is 2.13. The van der Waals surface area contributed by atoms with Gasteiger partial charge in [-0.2, -0.15) is 0 Å². The van der Waals surface area contributed by atoms with Crippen molar-refractivity contribution in [3.05, 3.63) is 0 Å². The summed E-state index contributed by atoms with van der Waals surface area (Å²) in [6, 6.07) is 0. The molecule has 0 aromatic carbocycles. The van der Waals surface area contributed by atoms with Crippen LogP contribution >= 0.6 is 0 Å². The lowest BCUT2D eigenvalue weighted by Gasteiger charge is -2.13. The van der Waals surface area contributed by atoms with Crippen LogP contribution in [0, 0.1) is 11.8 Å². The molecule has 1 atom stereocenters. The quantitative estimate of drug-likeness (QED) is 0.394. The van der Waals surface area contributed by atoms with Crippen molar-refractivity contribution in [3.63, 3.8) is 0 Å². The van der Waals surface area contributed by atoms with Crippen molar-refractivity contribution in [2.45, 2.75) is 91.9 Å². The Balaban J connectivity index is 3.12. The second-order valence-corrected chi connectivity index (χ2v) is 6.77. The maximum absolute atomic E-state index is 3.57. The molecule has 0 aliphatic heterocycles. The Labute approximate surface area is 122 Å². The maximum atomic E-state index is 3.57. The Morgan fingerprint density at radius 3 is 1.74 bits per heavy atom. The third-order valence-electron chi connectivity index (χ3n) is 3.85. The lowest BCUT2D eigenvalue weighted by Crippen LogP contribution is -2.25. The highest BCUT2D eigenvalue weighted by Gasteiger charge is 2.02. The zero-order valence-electron chi connectivity index (χ0n) is 14.1. The van der Waals surface area contributed by atoms with Gasteiger partial charge < -0.3 is 5.32 Å². The smallest absolute Gasteiger partial charge is 0.00230 e. The van der Waals surface area contributed by atoms with Crippen LogP contribution in [-0.4, -0.2) is 13.1 Å². The Morgan fingerprint density at radius 2 is 1.21 bits per heavy atom. The summed E-state index contributed by atoms with van der Waals surface area (Å²) in [5.41, 5.74) is 0. The van der Waals surface area contributed by atoms with Gasteiger partial charge in [-0.25, -0.2) is 0 Å². The molecule has 1 unspecified atom stereocenters. The van der Waals surface area contributed by atoms with E-state index in [4.69, 9.17) is 0 Å². The van der Waals surface area contributed by atoms with E-state index < -0.39 is 0 Å². The van der Waals surface area contributed by atoms with Gasteiger partial charge in [0.05, 0.1) is 0 Å². The molecule has 0 amide bonds. The number of unbranched alkanes of at least 4 members (excludes halogenated alkanes) is 8. The van der Waals surface area contributed by atoms with Crippen molar-refractivity contribution < 1.29 is 0 Å². The van der Waals surface area contributed by atoms with Crippen molar-refractivity contribution in [2.75, 3.05) is 13.1 Å². The van der Waals surface area contributed by atoms with Crippen molar-refractivity contribution in [1.29, 1.82) is 0 Å². The average molecular weight is 270 g/mol. The molecule has 0 aliphatic carbocycles. The summed E-state index contributed by atoms with van der Waals surface area (Å²) in [4.78, 5) is 0.